The van der Waals surface area contributed by atoms with Crippen LogP contribution in [0.3, 0.4) is 0 Å². The number of nitrogens with zero attached hydrogens (tertiary/aromatic N) is 2. The maximum Gasteiger partial charge on any atom is 0.0621 e. The van der Waals surface area contributed by atoms with Gasteiger partial charge >= 0.3 is 0 Å². The van der Waals surface area contributed by atoms with Gasteiger partial charge in [-0.1, -0.05) is 109 Å². The summed E-state index contributed by atoms with van der Waals surface area (Å²) in [5, 5.41) is 10.3. The van der Waals surface area contributed by atoms with Gasteiger partial charge in [-0.15, -0.1) is 0 Å². The molecule has 3 aromatic heterocycles. The van der Waals surface area contributed by atoms with Gasteiger partial charge in [0, 0.05) is 32.3 Å². The van der Waals surface area contributed by atoms with E-state index in [0.717, 1.165) is 0 Å². The smallest absolute Gasteiger partial charge is 0.0621 e. The SMILES string of the molecule is c1ccc2cc(-c3ccc4c5ccccc5n(-c5cccc6c5c5cccc7c8ccccc8n6c75)c4c3)ccc2c1. The molecule has 0 N–H and O–H groups in total. The van der Waals surface area contributed by atoms with Gasteiger partial charge in [-0.05, 0) is 58.3 Å². The second kappa shape index (κ2) is 7.99. The van der Waals surface area contributed by atoms with Crippen molar-refractivity contribution in [3.63, 3.8) is 0 Å². The van der Waals surface area contributed by atoms with Gasteiger partial charge in [0.05, 0.1) is 33.3 Å². The third-order valence-corrected chi connectivity index (χ3v) is 9.22. The van der Waals surface area contributed by atoms with E-state index in [9.17, 15) is 0 Å². The Balaban J connectivity index is 1.33. The maximum absolute atomic E-state index is 2.49. The predicted octanol–water partition coefficient (Wildman–Crippen LogP) is 10.8. The van der Waals surface area contributed by atoms with E-state index in [1.807, 2.05) is 0 Å². The minimum absolute atomic E-state index is 1.22. The first-order valence-electron chi connectivity index (χ1n) is 14.5. The van der Waals surface area contributed by atoms with Gasteiger partial charge in [-0.3, -0.25) is 0 Å². The maximum atomic E-state index is 2.49. The van der Waals surface area contributed by atoms with Gasteiger partial charge in [0.25, 0.3) is 0 Å². The summed E-state index contributed by atoms with van der Waals surface area (Å²) < 4.78 is 4.95. The van der Waals surface area contributed by atoms with Crippen molar-refractivity contribution in [2.24, 2.45) is 0 Å². The number of benzene rings is 7. The largest absolute Gasteiger partial charge is 0.309 e. The Bertz CT molecular complexity index is 2680. The van der Waals surface area contributed by atoms with Crippen LogP contribution in [-0.2, 0) is 0 Å². The van der Waals surface area contributed by atoms with Crippen LogP contribution in [-0.4, -0.2) is 8.97 Å². The third kappa shape index (κ3) is 2.78. The molecule has 0 unspecified atom stereocenters. The van der Waals surface area contributed by atoms with E-state index in [0.29, 0.717) is 0 Å². The summed E-state index contributed by atoms with van der Waals surface area (Å²) >= 11 is 0. The zero-order chi connectivity index (χ0) is 27.4. The molecule has 0 amide bonds. The molecule has 2 heteroatoms. The minimum atomic E-state index is 1.22. The summed E-state index contributed by atoms with van der Waals surface area (Å²) in [6.07, 6.45) is 0. The molecule has 0 aliphatic carbocycles. The van der Waals surface area contributed by atoms with E-state index in [2.05, 4.69) is 155 Å². The topological polar surface area (TPSA) is 9.34 Å². The molecule has 42 heavy (non-hydrogen) atoms. The van der Waals surface area contributed by atoms with Crippen molar-refractivity contribution in [2.75, 3.05) is 0 Å². The van der Waals surface area contributed by atoms with Crippen LogP contribution in [0.1, 0.15) is 0 Å². The highest BCUT2D eigenvalue weighted by molar-refractivity contribution is 6.25. The molecule has 0 aliphatic rings. The van der Waals surface area contributed by atoms with E-state index in [1.165, 1.54) is 87.5 Å². The summed E-state index contributed by atoms with van der Waals surface area (Å²) in [6, 6.07) is 53.5. The first-order chi connectivity index (χ1) is 20.8. The first kappa shape index (κ1) is 22.1. The molecule has 0 saturated heterocycles. The molecular formula is C40H24N2. The molecule has 0 spiro atoms. The standard InChI is InChI=1S/C40H24N2/c1-2-10-26-23-27(20-19-25(26)9-1)28-21-22-31-29-11-3-5-15-34(29)41(38(31)24-28)36-17-8-18-37-39(36)33-14-7-13-32-30-12-4-6-16-35(30)42(37)40(32)33/h1-24H. The van der Waals surface area contributed by atoms with Gasteiger partial charge < -0.3 is 8.97 Å². The van der Waals surface area contributed by atoms with Crippen molar-refractivity contribution in [3.05, 3.63) is 146 Å². The quantitative estimate of drug-likeness (QED) is 0.209. The fraction of sp³-hybridized carbons (Fsp3) is 0. The molecule has 3 heterocycles. The van der Waals surface area contributed by atoms with E-state index < -0.39 is 0 Å². The summed E-state index contributed by atoms with van der Waals surface area (Å²) in [5.41, 5.74) is 9.94. The van der Waals surface area contributed by atoms with Crippen LogP contribution >= 0.6 is 0 Å². The lowest BCUT2D eigenvalue weighted by Crippen LogP contribution is -1.95. The fourth-order valence-electron chi connectivity index (χ4n) is 7.43. The molecule has 0 fully saturated rings. The summed E-state index contributed by atoms with van der Waals surface area (Å²) in [4.78, 5) is 0. The zero-order valence-corrected chi connectivity index (χ0v) is 22.8. The van der Waals surface area contributed by atoms with E-state index >= 15 is 0 Å². The van der Waals surface area contributed by atoms with Crippen molar-refractivity contribution in [2.45, 2.75) is 0 Å². The molecule has 0 aliphatic heterocycles. The summed E-state index contributed by atoms with van der Waals surface area (Å²) in [7, 11) is 0. The molecule has 2 nitrogen and oxygen atoms in total. The van der Waals surface area contributed by atoms with Gasteiger partial charge in [0.15, 0.2) is 0 Å². The van der Waals surface area contributed by atoms with Crippen LogP contribution in [0.25, 0.3) is 87.5 Å². The van der Waals surface area contributed by atoms with Gasteiger partial charge in [-0.25, -0.2) is 0 Å². The van der Waals surface area contributed by atoms with Gasteiger partial charge in [-0.2, -0.15) is 0 Å². The van der Waals surface area contributed by atoms with Crippen molar-refractivity contribution < 1.29 is 0 Å². The normalized spacial score (nSPS) is 12.3. The Morgan fingerprint density at radius 2 is 0.976 bits per heavy atom. The van der Waals surface area contributed by atoms with E-state index in [-0.39, 0.29) is 0 Å². The summed E-state index contributed by atoms with van der Waals surface area (Å²) in [5.74, 6) is 0. The van der Waals surface area contributed by atoms with Crippen molar-refractivity contribution in [3.8, 4) is 16.8 Å². The fourth-order valence-corrected chi connectivity index (χ4v) is 7.43. The lowest BCUT2D eigenvalue weighted by molar-refractivity contribution is 1.20. The Hall–Kier alpha value is -5.60. The molecule has 10 rings (SSSR count). The lowest BCUT2D eigenvalue weighted by atomic mass is 10.00. The molecule has 0 saturated carbocycles. The van der Waals surface area contributed by atoms with Crippen LogP contribution < -0.4 is 0 Å². The first-order valence-corrected chi connectivity index (χ1v) is 14.5. The average molecular weight is 533 g/mol. The molecule has 7 aromatic carbocycles. The Kier molecular flexibility index (Phi) is 4.21. The van der Waals surface area contributed by atoms with E-state index in [1.54, 1.807) is 0 Å². The highest BCUT2D eigenvalue weighted by atomic mass is 15.0. The molecular weight excluding hydrogens is 508 g/mol. The molecule has 194 valence electrons. The number of rotatable bonds is 2. The Morgan fingerprint density at radius 3 is 1.88 bits per heavy atom. The van der Waals surface area contributed by atoms with Crippen molar-refractivity contribution in [1.82, 2.24) is 8.97 Å². The number of fused-ring (bicyclic) bond motifs is 10. The highest BCUT2D eigenvalue weighted by Crippen LogP contribution is 2.43. The lowest BCUT2D eigenvalue weighted by Gasteiger charge is -2.12. The predicted molar refractivity (Wildman–Crippen MR) is 178 cm³/mol. The monoisotopic (exact) mass is 532 g/mol. The van der Waals surface area contributed by atoms with E-state index in [4.69, 9.17) is 0 Å². The summed E-state index contributed by atoms with van der Waals surface area (Å²) in [6.45, 7) is 0. The van der Waals surface area contributed by atoms with Crippen LogP contribution in [0.4, 0.5) is 0 Å². The van der Waals surface area contributed by atoms with Crippen molar-refractivity contribution >= 4 is 70.7 Å². The van der Waals surface area contributed by atoms with Gasteiger partial charge in [0.2, 0.25) is 0 Å². The molecule has 0 atom stereocenters. The number of para-hydroxylation sites is 3. The number of hydrogen-bond acceptors (Lipinski definition) is 0. The van der Waals surface area contributed by atoms with Crippen LogP contribution in [0.2, 0.25) is 0 Å². The second-order valence-electron chi connectivity index (χ2n) is 11.4. The third-order valence-electron chi connectivity index (χ3n) is 9.22. The highest BCUT2D eigenvalue weighted by Gasteiger charge is 2.21. The second-order valence-corrected chi connectivity index (χ2v) is 11.4. The van der Waals surface area contributed by atoms with Crippen LogP contribution in [0.5, 0.6) is 0 Å². The Morgan fingerprint density at radius 1 is 0.357 bits per heavy atom. The van der Waals surface area contributed by atoms with Gasteiger partial charge in [0.1, 0.15) is 0 Å². The molecule has 10 aromatic rings. The number of aromatic nitrogens is 2. The zero-order valence-electron chi connectivity index (χ0n) is 22.8. The minimum Gasteiger partial charge on any atom is -0.309 e. The molecule has 0 bridgehead atoms. The Labute approximate surface area is 241 Å². The number of hydrogen-bond donors (Lipinski definition) is 0. The average Bonchev–Trinajstić information content (AvgIpc) is 3.69. The van der Waals surface area contributed by atoms with Crippen LogP contribution in [0.15, 0.2) is 146 Å². The molecule has 0 radical (unpaired) electrons. The van der Waals surface area contributed by atoms with Crippen LogP contribution in [0, 0.1) is 0 Å². The van der Waals surface area contributed by atoms with Crippen molar-refractivity contribution in [1.29, 1.82) is 0 Å².